The van der Waals surface area contributed by atoms with Gasteiger partial charge in [0.1, 0.15) is 5.82 Å². The molecule has 0 aliphatic carbocycles. The van der Waals surface area contributed by atoms with Gasteiger partial charge in [-0.25, -0.2) is 4.39 Å². The van der Waals surface area contributed by atoms with Crippen LogP contribution in [0.15, 0.2) is 18.2 Å². The number of rotatable bonds is 5. The Balaban J connectivity index is 2.55. The van der Waals surface area contributed by atoms with E-state index in [0.717, 1.165) is 12.0 Å². The summed E-state index contributed by atoms with van der Waals surface area (Å²) < 4.78 is 13.4. The SMILES string of the molecule is CCC(Cl)CCNC(=O)c1cc(C)ccc1F. The van der Waals surface area contributed by atoms with Crippen LogP contribution in [-0.2, 0) is 0 Å². The number of hydrogen-bond acceptors (Lipinski definition) is 1. The molecule has 0 aliphatic rings. The third kappa shape index (κ3) is 4.35. The number of nitrogens with one attached hydrogen (secondary N) is 1. The number of aryl methyl sites for hydroxylation is 1. The van der Waals surface area contributed by atoms with Crippen molar-refractivity contribution in [1.82, 2.24) is 5.32 Å². The van der Waals surface area contributed by atoms with E-state index in [2.05, 4.69) is 5.32 Å². The van der Waals surface area contributed by atoms with Gasteiger partial charge >= 0.3 is 0 Å². The first kappa shape index (κ1) is 14.0. The largest absolute Gasteiger partial charge is 0.352 e. The summed E-state index contributed by atoms with van der Waals surface area (Å²) >= 11 is 5.93. The Bertz CT molecular complexity index is 395. The number of hydrogen-bond donors (Lipinski definition) is 1. The molecule has 94 valence electrons. The van der Waals surface area contributed by atoms with Crippen molar-refractivity contribution >= 4 is 17.5 Å². The smallest absolute Gasteiger partial charge is 0.254 e. The molecule has 1 N–H and O–H groups in total. The highest BCUT2D eigenvalue weighted by Gasteiger charge is 2.11. The second-order valence-corrected chi connectivity index (χ2v) is 4.65. The second-order valence-electron chi connectivity index (χ2n) is 4.03. The van der Waals surface area contributed by atoms with E-state index in [4.69, 9.17) is 11.6 Å². The van der Waals surface area contributed by atoms with Gasteiger partial charge in [0, 0.05) is 11.9 Å². The number of benzene rings is 1. The van der Waals surface area contributed by atoms with Crippen molar-refractivity contribution in [1.29, 1.82) is 0 Å². The molecule has 0 spiro atoms. The van der Waals surface area contributed by atoms with Gasteiger partial charge in [0.15, 0.2) is 0 Å². The van der Waals surface area contributed by atoms with Crippen LogP contribution >= 0.6 is 11.6 Å². The van der Waals surface area contributed by atoms with Gasteiger partial charge in [-0.2, -0.15) is 0 Å². The summed E-state index contributed by atoms with van der Waals surface area (Å²) in [5.41, 5.74) is 0.952. The number of alkyl halides is 1. The van der Waals surface area contributed by atoms with Crippen LogP contribution in [0.5, 0.6) is 0 Å². The average molecular weight is 258 g/mol. The Labute approximate surface area is 106 Å². The van der Waals surface area contributed by atoms with Crippen LogP contribution in [0.4, 0.5) is 4.39 Å². The molecule has 1 amide bonds. The second kappa shape index (κ2) is 6.60. The van der Waals surface area contributed by atoms with E-state index in [1.807, 2.05) is 13.8 Å². The van der Waals surface area contributed by atoms with Gasteiger partial charge in [0.05, 0.1) is 5.56 Å². The van der Waals surface area contributed by atoms with Crippen LogP contribution in [0.2, 0.25) is 0 Å². The molecule has 0 radical (unpaired) electrons. The van der Waals surface area contributed by atoms with Crippen molar-refractivity contribution in [2.24, 2.45) is 0 Å². The van der Waals surface area contributed by atoms with Crippen molar-refractivity contribution in [3.63, 3.8) is 0 Å². The highest BCUT2D eigenvalue weighted by atomic mass is 35.5. The fraction of sp³-hybridized carbons (Fsp3) is 0.462. The lowest BCUT2D eigenvalue weighted by Gasteiger charge is -2.09. The van der Waals surface area contributed by atoms with Gasteiger partial charge in [-0.3, -0.25) is 4.79 Å². The van der Waals surface area contributed by atoms with Crippen LogP contribution in [-0.4, -0.2) is 17.8 Å². The number of carbonyl (C=O) groups is 1. The summed E-state index contributed by atoms with van der Waals surface area (Å²) in [5.74, 6) is -0.878. The summed E-state index contributed by atoms with van der Waals surface area (Å²) in [6, 6.07) is 4.49. The summed E-state index contributed by atoms with van der Waals surface area (Å²) in [7, 11) is 0. The van der Waals surface area contributed by atoms with Crippen molar-refractivity contribution in [3.8, 4) is 0 Å². The summed E-state index contributed by atoms with van der Waals surface area (Å²) in [6.07, 6.45) is 1.55. The van der Waals surface area contributed by atoms with Crippen molar-refractivity contribution in [2.45, 2.75) is 32.1 Å². The van der Waals surface area contributed by atoms with E-state index >= 15 is 0 Å². The number of amides is 1. The first-order chi connectivity index (χ1) is 8.04. The standard InChI is InChI=1S/C13H17ClFNO/c1-3-10(14)6-7-16-13(17)11-8-9(2)4-5-12(11)15/h4-5,8,10H,3,6-7H2,1-2H3,(H,16,17). The third-order valence-corrected chi connectivity index (χ3v) is 3.08. The molecule has 1 unspecified atom stereocenters. The summed E-state index contributed by atoms with van der Waals surface area (Å²) in [6.45, 7) is 4.27. The van der Waals surface area contributed by atoms with E-state index in [1.54, 1.807) is 12.1 Å². The van der Waals surface area contributed by atoms with E-state index in [1.165, 1.54) is 6.07 Å². The van der Waals surface area contributed by atoms with Crippen molar-refractivity contribution < 1.29 is 9.18 Å². The molecule has 0 saturated heterocycles. The monoisotopic (exact) mass is 257 g/mol. The Morgan fingerprint density at radius 3 is 2.88 bits per heavy atom. The fourth-order valence-corrected chi connectivity index (χ4v) is 1.56. The lowest BCUT2D eigenvalue weighted by molar-refractivity contribution is 0.0949. The zero-order valence-corrected chi connectivity index (χ0v) is 10.9. The molecule has 1 rings (SSSR count). The molecule has 1 atom stereocenters. The highest BCUT2D eigenvalue weighted by molar-refractivity contribution is 6.20. The molecule has 4 heteroatoms. The molecule has 0 saturated carbocycles. The van der Waals surface area contributed by atoms with Gasteiger partial charge in [0.25, 0.3) is 5.91 Å². The van der Waals surface area contributed by atoms with Crippen LogP contribution in [0.3, 0.4) is 0 Å². The summed E-state index contributed by atoms with van der Waals surface area (Å²) in [4.78, 5) is 11.7. The molecule has 1 aromatic carbocycles. The Hall–Kier alpha value is -1.09. The van der Waals surface area contributed by atoms with Gasteiger partial charge in [0.2, 0.25) is 0 Å². The van der Waals surface area contributed by atoms with E-state index in [9.17, 15) is 9.18 Å². The molecular formula is C13H17ClFNO. The molecule has 17 heavy (non-hydrogen) atoms. The maximum atomic E-state index is 13.4. The summed E-state index contributed by atoms with van der Waals surface area (Å²) in [5, 5.41) is 2.72. The zero-order valence-electron chi connectivity index (χ0n) is 10.1. The zero-order chi connectivity index (χ0) is 12.8. The molecule has 0 fully saturated rings. The van der Waals surface area contributed by atoms with Crippen LogP contribution in [0, 0.1) is 12.7 Å². The number of halogens is 2. The Morgan fingerprint density at radius 1 is 1.53 bits per heavy atom. The normalized spacial score (nSPS) is 12.2. The quantitative estimate of drug-likeness (QED) is 0.806. The molecule has 2 nitrogen and oxygen atoms in total. The van der Waals surface area contributed by atoms with Crippen molar-refractivity contribution in [3.05, 3.63) is 35.1 Å². The lowest BCUT2D eigenvalue weighted by Crippen LogP contribution is -2.27. The van der Waals surface area contributed by atoms with E-state index in [0.29, 0.717) is 13.0 Å². The van der Waals surface area contributed by atoms with E-state index < -0.39 is 5.82 Å². The topological polar surface area (TPSA) is 29.1 Å². The predicted octanol–water partition coefficient (Wildman–Crippen LogP) is 3.27. The fourth-order valence-electron chi connectivity index (χ4n) is 1.45. The Morgan fingerprint density at radius 2 is 2.24 bits per heavy atom. The minimum absolute atomic E-state index is 0.0534. The lowest BCUT2D eigenvalue weighted by atomic mass is 10.1. The molecule has 0 bridgehead atoms. The minimum atomic E-state index is -0.494. The van der Waals surface area contributed by atoms with Crippen molar-refractivity contribution in [2.75, 3.05) is 6.54 Å². The van der Waals surface area contributed by atoms with E-state index in [-0.39, 0.29) is 16.8 Å². The maximum absolute atomic E-state index is 13.4. The van der Waals surface area contributed by atoms with Gasteiger partial charge in [-0.05, 0) is 31.9 Å². The van der Waals surface area contributed by atoms with Gasteiger partial charge < -0.3 is 5.32 Å². The van der Waals surface area contributed by atoms with Gasteiger partial charge in [-0.15, -0.1) is 11.6 Å². The first-order valence-electron chi connectivity index (χ1n) is 5.73. The molecule has 0 aliphatic heterocycles. The van der Waals surface area contributed by atoms with Crippen LogP contribution < -0.4 is 5.32 Å². The molecule has 0 heterocycles. The van der Waals surface area contributed by atoms with Crippen LogP contribution in [0.1, 0.15) is 35.7 Å². The molecular weight excluding hydrogens is 241 g/mol. The average Bonchev–Trinajstić information content (AvgIpc) is 2.31. The molecule has 0 aromatic heterocycles. The third-order valence-electron chi connectivity index (χ3n) is 2.55. The first-order valence-corrected chi connectivity index (χ1v) is 6.16. The molecule has 1 aromatic rings. The maximum Gasteiger partial charge on any atom is 0.254 e. The number of carbonyl (C=O) groups excluding carboxylic acids is 1. The van der Waals surface area contributed by atoms with Gasteiger partial charge in [-0.1, -0.05) is 18.6 Å². The highest BCUT2D eigenvalue weighted by Crippen LogP contribution is 2.10. The van der Waals surface area contributed by atoms with Crippen LogP contribution in [0.25, 0.3) is 0 Å². The predicted molar refractivity (Wildman–Crippen MR) is 68.0 cm³/mol. The minimum Gasteiger partial charge on any atom is -0.352 e. The Kier molecular flexibility index (Phi) is 5.42.